The number of carbonyl (C=O) groups is 1. The van der Waals surface area contributed by atoms with E-state index < -0.39 is 5.97 Å². The molecule has 0 fully saturated rings. The maximum absolute atomic E-state index is 12.2. The van der Waals surface area contributed by atoms with Crippen LogP contribution in [-0.4, -0.2) is 28.5 Å². The third-order valence-electron chi connectivity index (χ3n) is 3.85. The molecule has 2 aromatic rings. The monoisotopic (exact) mass is 416 g/mol. The van der Waals surface area contributed by atoms with Crippen molar-refractivity contribution in [3.05, 3.63) is 65.2 Å². The molecular formula is C19H26Cl2N2O4. The van der Waals surface area contributed by atoms with Gasteiger partial charge in [-0.1, -0.05) is 24.3 Å². The van der Waals surface area contributed by atoms with Gasteiger partial charge in [-0.3, -0.25) is 0 Å². The fraction of sp³-hybridized carbons (Fsp3) is 0.316. The minimum atomic E-state index is -0.418. The summed E-state index contributed by atoms with van der Waals surface area (Å²) in [6.45, 7) is 3.73. The van der Waals surface area contributed by atoms with Crippen molar-refractivity contribution >= 4 is 30.8 Å². The van der Waals surface area contributed by atoms with Gasteiger partial charge < -0.3 is 15.2 Å². The first kappa shape index (κ1) is 25.3. The van der Waals surface area contributed by atoms with Crippen molar-refractivity contribution in [3.63, 3.8) is 0 Å². The molecule has 0 bridgehead atoms. The average molecular weight is 417 g/mol. The summed E-state index contributed by atoms with van der Waals surface area (Å²) in [5.41, 5.74) is 6.91. The van der Waals surface area contributed by atoms with Crippen molar-refractivity contribution in [2.24, 2.45) is 0 Å². The highest BCUT2D eigenvalue weighted by atomic mass is 35.5. The van der Waals surface area contributed by atoms with Crippen molar-refractivity contribution < 1.29 is 19.9 Å². The zero-order valence-electron chi connectivity index (χ0n) is 15.2. The average Bonchev–Trinajstić information content (AvgIpc) is 2.63. The third kappa shape index (κ3) is 8.26. The van der Waals surface area contributed by atoms with Gasteiger partial charge in [0.1, 0.15) is 5.75 Å². The number of carbonyl (C=O) groups excluding carboxylic acids is 1. The van der Waals surface area contributed by atoms with Gasteiger partial charge in [0.05, 0.1) is 5.56 Å². The Labute approximate surface area is 171 Å². The molecule has 6 nitrogen and oxygen atoms in total. The van der Waals surface area contributed by atoms with Crippen LogP contribution in [0.2, 0.25) is 0 Å². The summed E-state index contributed by atoms with van der Waals surface area (Å²) in [5, 5.41) is 17.7. The second-order valence-corrected chi connectivity index (χ2v) is 6.20. The van der Waals surface area contributed by atoms with Gasteiger partial charge in [-0.2, -0.15) is 0 Å². The SMILES string of the molecule is CC(Cc1ccc(OC(=O)c2ccc(CC(C)NO)cc2)cc1)NO.Cl.Cl. The molecule has 0 heterocycles. The van der Waals surface area contributed by atoms with Crippen LogP contribution in [0.3, 0.4) is 0 Å². The summed E-state index contributed by atoms with van der Waals surface area (Å²) in [7, 11) is 0. The van der Waals surface area contributed by atoms with E-state index in [1.807, 2.05) is 38.1 Å². The zero-order chi connectivity index (χ0) is 18.2. The molecule has 0 saturated heterocycles. The Morgan fingerprint density at radius 2 is 1.26 bits per heavy atom. The molecular weight excluding hydrogens is 391 g/mol. The fourth-order valence-electron chi connectivity index (χ4n) is 2.43. The summed E-state index contributed by atoms with van der Waals surface area (Å²) in [5.74, 6) is 0.0542. The number of hydroxylamine groups is 2. The van der Waals surface area contributed by atoms with Gasteiger partial charge in [-0.15, -0.1) is 24.8 Å². The largest absolute Gasteiger partial charge is 0.423 e. The molecule has 8 heteroatoms. The molecule has 0 spiro atoms. The molecule has 0 aliphatic heterocycles. The van der Waals surface area contributed by atoms with Crippen LogP contribution < -0.4 is 15.7 Å². The van der Waals surface area contributed by atoms with E-state index in [0.717, 1.165) is 11.1 Å². The lowest BCUT2D eigenvalue weighted by molar-refractivity contribution is 0.0734. The van der Waals surface area contributed by atoms with Crippen LogP contribution >= 0.6 is 24.8 Å². The standard InChI is InChI=1S/C19H24N2O4.2ClH/c1-13(20-23)11-15-3-7-17(8-4-15)19(22)25-18-9-5-16(6-10-18)12-14(2)21-24;;/h3-10,13-14,20-21,23-24H,11-12H2,1-2H3;2*1H. The van der Waals surface area contributed by atoms with Crippen molar-refractivity contribution in [2.75, 3.05) is 0 Å². The first-order chi connectivity index (χ1) is 12.0. The third-order valence-corrected chi connectivity index (χ3v) is 3.85. The molecule has 0 aliphatic rings. The maximum atomic E-state index is 12.2. The van der Waals surface area contributed by atoms with Crippen LogP contribution in [0.15, 0.2) is 48.5 Å². The second-order valence-electron chi connectivity index (χ2n) is 6.20. The number of hydrogen-bond acceptors (Lipinski definition) is 6. The molecule has 2 aromatic carbocycles. The maximum Gasteiger partial charge on any atom is 0.343 e. The van der Waals surface area contributed by atoms with Crippen LogP contribution in [0.4, 0.5) is 0 Å². The van der Waals surface area contributed by atoms with Gasteiger partial charge in [0.15, 0.2) is 0 Å². The van der Waals surface area contributed by atoms with Crippen molar-refractivity contribution in [1.82, 2.24) is 11.0 Å². The number of esters is 1. The molecule has 2 atom stereocenters. The summed E-state index contributed by atoms with van der Waals surface area (Å²) < 4.78 is 5.37. The van der Waals surface area contributed by atoms with Crippen LogP contribution in [0.1, 0.15) is 35.3 Å². The first-order valence-corrected chi connectivity index (χ1v) is 8.21. The van der Waals surface area contributed by atoms with E-state index >= 15 is 0 Å². The van der Waals surface area contributed by atoms with E-state index in [-0.39, 0.29) is 36.9 Å². The minimum Gasteiger partial charge on any atom is -0.423 e. The highest BCUT2D eigenvalue weighted by Gasteiger charge is 2.10. The van der Waals surface area contributed by atoms with Gasteiger partial charge in [-0.25, -0.2) is 15.8 Å². The molecule has 0 saturated carbocycles. The molecule has 2 unspecified atom stereocenters. The Morgan fingerprint density at radius 3 is 1.67 bits per heavy atom. The number of ether oxygens (including phenoxy) is 1. The smallest absolute Gasteiger partial charge is 0.343 e. The Kier molecular flexibility index (Phi) is 11.9. The summed E-state index contributed by atoms with van der Waals surface area (Å²) in [6.07, 6.45) is 1.34. The van der Waals surface area contributed by atoms with E-state index in [1.165, 1.54) is 0 Å². The minimum absolute atomic E-state index is 0. The first-order valence-electron chi connectivity index (χ1n) is 8.21. The number of nitrogens with one attached hydrogen (secondary N) is 2. The molecule has 150 valence electrons. The van der Waals surface area contributed by atoms with E-state index in [9.17, 15) is 4.79 Å². The topological polar surface area (TPSA) is 90.8 Å². The fourth-order valence-corrected chi connectivity index (χ4v) is 2.43. The number of rotatable bonds is 8. The quantitative estimate of drug-likeness (QED) is 0.298. The van der Waals surface area contributed by atoms with Crippen molar-refractivity contribution in [1.29, 1.82) is 0 Å². The predicted octanol–water partition coefficient (Wildman–Crippen LogP) is 3.57. The number of hydrogen-bond donors (Lipinski definition) is 4. The van der Waals surface area contributed by atoms with Gasteiger partial charge in [0.2, 0.25) is 0 Å². The predicted molar refractivity (Wildman–Crippen MR) is 109 cm³/mol. The van der Waals surface area contributed by atoms with Gasteiger partial charge in [0.25, 0.3) is 0 Å². The van der Waals surface area contributed by atoms with Crippen molar-refractivity contribution in [3.8, 4) is 5.75 Å². The summed E-state index contributed by atoms with van der Waals surface area (Å²) in [4.78, 5) is 12.2. The second kappa shape index (κ2) is 12.7. The molecule has 0 aromatic heterocycles. The van der Waals surface area contributed by atoms with Crippen LogP contribution in [0.5, 0.6) is 5.75 Å². The van der Waals surface area contributed by atoms with Crippen molar-refractivity contribution in [2.45, 2.75) is 38.8 Å². The van der Waals surface area contributed by atoms with E-state index in [0.29, 0.717) is 24.2 Å². The summed E-state index contributed by atoms with van der Waals surface area (Å²) in [6, 6.07) is 14.2. The normalized spacial score (nSPS) is 12.3. The molecule has 0 amide bonds. The zero-order valence-corrected chi connectivity index (χ0v) is 16.8. The van der Waals surface area contributed by atoms with E-state index in [4.69, 9.17) is 15.2 Å². The highest BCUT2D eigenvalue weighted by molar-refractivity contribution is 5.91. The van der Waals surface area contributed by atoms with Gasteiger partial charge >= 0.3 is 5.97 Å². The van der Waals surface area contributed by atoms with Crippen LogP contribution in [0, 0.1) is 0 Å². The lowest BCUT2D eigenvalue weighted by Gasteiger charge is -2.10. The summed E-state index contributed by atoms with van der Waals surface area (Å²) >= 11 is 0. The highest BCUT2D eigenvalue weighted by Crippen LogP contribution is 2.16. The molecule has 0 aliphatic carbocycles. The lowest BCUT2D eigenvalue weighted by atomic mass is 10.1. The van der Waals surface area contributed by atoms with Gasteiger partial charge in [0, 0.05) is 12.1 Å². The van der Waals surface area contributed by atoms with E-state index in [2.05, 4.69) is 11.0 Å². The Morgan fingerprint density at radius 1 is 0.852 bits per heavy atom. The number of benzene rings is 2. The Bertz CT molecular complexity index is 681. The Balaban J connectivity index is 0.00000338. The van der Waals surface area contributed by atoms with Gasteiger partial charge in [-0.05, 0) is 62.1 Å². The molecule has 0 radical (unpaired) electrons. The molecule has 27 heavy (non-hydrogen) atoms. The number of halogens is 2. The molecule has 2 rings (SSSR count). The van der Waals surface area contributed by atoms with Crippen LogP contribution in [-0.2, 0) is 12.8 Å². The lowest BCUT2D eigenvalue weighted by Crippen LogP contribution is -2.24. The Hall–Kier alpha value is -1.67. The molecule has 4 N–H and O–H groups in total. The van der Waals surface area contributed by atoms with E-state index in [1.54, 1.807) is 24.3 Å². The van der Waals surface area contributed by atoms with Crippen LogP contribution in [0.25, 0.3) is 0 Å².